The Labute approximate surface area is 150 Å². The lowest BCUT2D eigenvalue weighted by Crippen LogP contribution is -2.54. The van der Waals surface area contributed by atoms with E-state index in [2.05, 4.69) is 74.3 Å². The van der Waals surface area contributed by atoms with Crippen LogP contribution >= 0.6 is 0 Å². The number of allylic oxidation sites excluding steroid dienone is 1. The highest BCUT2D eigenvalue weighted by Crippen LogP contribution is 2.37. The number of nitrogens with zero attached hydrogens (tertiary/aromatic N) is 1. The third-order valence-corrected chi connectivity index (χ3v) is 5.49. The van der Waals surface area contributed by atoms with Crippen LogP contribution in [0.2, 0.25) is 0 Å². The molecule has 0 amide bonds. The standard InChI is InChI=1S/C20H21N5O/c26-19-16-13-22-17-12-20(14-4-2-1-3-5-14,25-10-8-21-9-11-25)7-6-15(17)18(16)23-24-19/h1-7,12-13,21-23H,8-11H2,(H,24,26). The largest absolute Gasteiger partial charge is 0.360 e. The number of piperazine rings is 1. The van der Waals surface area contributed by atoms with Crippen molar-refractivity contribution in [3.8, 4) is 0 Å². The van der Waals surface area contributed by atoms with Gasteiger partial charge in [0.15, 0.2) is 0 Å². The molecule has 2 aromatic rings. The number of rotatable bonds is 2. The van der Waals surface area contributed by atoms with Crippen LogP contribution in [0.1, 0.15) is 5.56 Å². The molecule has 6 nitrogen and oxygen atoms in total. The first kappa shape index (κ1) is 15.4. The Balaban J connectivity index is 1.70. The summed E-state index contributed by atoms with van der Waals surface area (Å²) in [4.78, 5) is 14.4. The molecule has 2 aliphatic heterocycles. The van der Waals surface area contributed by atoms with E-state index in [9.17, 15) is 4.79 Å². The lowest BCUT2D eigenvalue weighted by Gasteiger charge is -2.44. The molecule has 0 spiro atoms. The van der Waals surface area contributed by atoms with Crippen molar-refractivity contribution in [2.24, 2.45) is 0 Å². The van der Waals surface area contributed by atoms with E-state index in [4.69, 9.17) is 0 Å². The van der Waals surface area contributed by atoms with Crippen LogP contribution in [0.5, 0.6) is 0 Å². The van der Waals surface area contributed by atoms with Gasteiger partial charge in [0.2, 0.25) is 0 Å². The lowest BCUT2D eigenvalue weighted by atomic mass is 9.81. The molecule has 1 aromatic carbocycles. The van der Waals surface area contributed by atoms with Gasteiger partial charge in [-0.3, -0.25) is 19.9 Å². The van der Waals surface area contributed by atoms with Crippen molar-refractivity contribution >= 4 is 11.8 Å². The first-order chi connectivity index (χ1) is 12.8. The van der Waals surface area contributed by atoms with Gasteiger partial charge in [-0.05, 0) is 11.6 Å². The number of hydrogen-bond donors (Lipinski definition) is 4. The second kappa shape index (κ2) is 5.86. The van der Waals surface area contributed by atoms with Gasteiger partial charge in [0.1, 0.15) is 0 Å². The van der Waals surface area contributed by atoms with Gasteiger partial charge >= 0.3 is 0 Å². The topological polar surface area (TPSA) is 76.0 Å². The van der Waals surface area contributed by atoms with Gasteiger partial charge < -0.3 is 10.6 Å². The van der Waals surface area contributed by atoms with Gasteiger partial charge in [-0.2, -0.15) is 0 Å². The van der Waals surface area contributed by atoms with Gasteiger partial charge in [0.25, 0.3) is 5.56 Å². The van der Waals surface area contributed by atoms with E-state index in [1.165, 1.54) is 5.56 Å². The van der Waals surface area contributed by atoms with E-state index in [1.807, 2.05) is 0 Å². The summed E-state index contributed by atoms with van der Waals surface area (Å²) in [6.07, 6.45) is 8.46. The molecule has 1 saturated heterocycles. The Hall–Kier alpha value is -2.83. The lowest BCUT2D eigenvalue weighted by molar-refractivity contribution is 0.148. The van der Waals surface area contributed by atoms with Crippen molar-refractivity contribution in [3.05, 3.63) is 80.7 Å². The molecule has 1 fully saturated rings. The highest BCUT2D eigenvalue weighted by Gasteiger charge is 2.38. The van der Waals surface area contributed by atoms with Crippen LogP contribution in [0.3, 0.4) is 0 Å². The van der Waals surface area contributed by atoms with Gasteiger partial charge in [-0.1, -0.05) is 42.5 Å². The molecular formula is C20H21N5O. The molecule has 1 aliphatic carbocycles. The minimum absolute atomic E-state index is 0.102. The molecule has 0 radical (unpaired) electrons. The number of fused-ring (bicyclic) bond motifs is 2. The van der Waals surface area contributed by atoms with E-state index < -0.39 is 0 Å². The molecule has 132 valence electrons. The smallest absolute Gasteiger partial charge is 0.273 e. The van der Waals surface area contributed by atoms with Crippen LogP contribution < -0.4 is 26.8 Å². The molecule has 1 atom stereocenters. The number of hydrogen-bond acceptors (Lipinski definition) is 4. The summed E-state index contributed by atoms with van der Waals surface area (Å²) in [5, 5.41) is 14.0. The van der Waals surface area contributed by atoms with E-state index in [0.717, 1.165) is 42.8 Å². The number of benzene rings is 1. The van der Waals surface area contributed by atoms with Crippen LogP contribution in [0.4, 0.5) is 0 Å². The number of H-pyrrole nitrogens is 2. The Bertz CT molecular complexity index is 1070. The van der Waals surface area contributed by atoms with Gasteiger partial charge in [-0.15, -0.1) is 0 Å². The zero-order valence-electron chi connectivity index (χ0n) is 14.4. The molecule has 26 heavy (non-hydrogen) atoms. The van der Waals surface area contributed by atoms with Crippen molar-refractivity contribution in [1.82, 2.24) is 25.7 Å². The first-order valence-corrected chi connectivity index (χ1v) is 8.99. The zero-order chi connectivity index (χ0) is 17.6. The normalized spacial score (nSPS) is 24.9. The van der Waals surface area contributed by atoms with Crippen LogP contribution in [-0.4, -0.2) is 41.3 Å². The molecule has 4 N–H and O–H groups in total. The summed E-state index contributed by atoms with van der Waals surface area (Å²) < 4.78 is 0. The molecule has 0 bridgehead atoms. The summed E-state index contributed by atoms with van der Waals surface area (Å²) in [7, 11) is 0. The van der Waals surface area contributed by atoms with Crippen LogP contribution in [0, 0.1) is 0 Å². The first-order valence-electron chi connectivity index (χ1n) is 8.99. The predicted molar refractivity (Wildman–Crippen MR) is 101 cm³/mol. The van der Waals surface area contributed by atoms with Crippen molar-refractivity contribution in [3.63, 3.8) is 0 Å². The highest BCUT2D eigenvalue weighted by molar-refractivity contribution is 5.77. The summed E-state index contributed by atoms with van der Waals surface area (Å²) >= 11 is 0. The van der Waals surface area contributed by atoms with Gasteiger partial charge in [0, 0.05) is 43.6 Å². The maximum Gasteiger partial charge on any atom is 0.273 e. The summed E-state index contributed by atoms with van der Waals surface area (Å²) in [6, 6.07) is 10.6. The highest BCUT2D eigenvalue weighted by atomic mass is 16.1. The minimum Gasteiger partial charge on any atom is -0.360 e. The fourth-order valence-electron chi connectivity index (χ4n) is 4.15. The van der Waals surface area contributed by atoms with Crippen molar-refractivity contribution in [1.29, 1.82) is 0 Å². The third-order valence-electron chi connectivity index (χ3n) is 5.49. The quantitative estimate of drug-likeness (QED) is 0.588. The van der Waals surface area contributed by atoms with E-state index in [1.54, 1.807) is 6.20 Å². The van der Waals surface area contributed by atoms with Crippen LogP contribution in [0.25, 0.3) is 11.8 Å². The molecule has 6 heteroatoms. The van der Waals surface area contributed by atoms with Crippen LogP contribution in [0.15, 0.2) is 59.1 Å². The summed E-state index contributed by atoms with van der Waals surface area (Å²) in [5.41, 5.74) is 2.89. The molecule has 5 rings (SSSR count). The molecular weight excluding hydrogens is 326 g/mol. The summed E-state index contributed by atoms with van der Waals surface area (Å²) in [5.74, 6) is 0. The fourth-order valence-corrected chi connectivity index (χ4v) is 4.15. The van der Waals surface area contributed by atoms with Gasteiger partial charge in [0.05, 0.1) is 16.1 Å². The van der Waals surface area contributed by atoms with E-state index in [-0.39, 0.29) is 11.1 Å². The minimum atomic E-state index is -0.295. The third kappa shape index (κ3) is 2.23. The molecule has 1 unspecified atom stereocenters. The summed E-state index contributed by atoms with van der Waals surface area (Å²) in [6.45, 7) is 3.93. The van der Waals surface area contributed by atoms with Crippen molar-refractivity contribution in [2.75, 3.05) is 26.2 Å². The van der Waals surface area contributed by atoms with Gasteiger partial charge in [-0.25, -0.2) is 0 Å². The number of aromatic nitrogens is 2. The molecule has 0 saturated carbocycles. The zero-order valence-corrected chi connectivity index (χ0v) is 14.4. The van der Waals surface area contributed by atoms with Crippen LogP contribution in [-0.2, 0) is 5.54 Å². The van der Waals surface area contributed by atoms with E-state index in [0.29, 0.717) is 5.22 Å². The second-order valence-electron chi connectivity index (χ2n) is 6.89. The second-order valence-corrected chi connectivity index (χ2v) is 6.89. The molecule has 3 heterocycles. The number of aromatic amines is 2. The monoisotopic (exact) mass is 347 g/mol. The maximum absolute atomic E-state index is 11.9. The Kier molecular flexibility index (Phi) is 3.48. The van der Waals surface area contributed by atoms with E-state index >= 15 is 0 Å². The molecule has 3 aliphatic rings. The SMILES string of the molecule is O=c1[nH][nH]c2c1=CNC1=CC(c3ccccc3)(N3CCNCC3)C=CC=21. The van der Waals surface area contributed by atoms with Crippen molar-refractivity contribution < 1.29 is 0 Å². The maximum atomic E-state index is 11.9. The number of nitrogens with one attached hydrogen (secondary N) is 4. The average molecular weight is 347 g/mol. The van der Waals surface area contributed by atoms with Crippen molar-refractivity contribution in [2.45, 2.75) is 5.54 Å². The Morgan fingerprint density at radius 1 is 1.04 bits per heavy atom. The fraction of sp³-hybridized carbons (Fsp3) is 0.250. The predicted octanol–water partition coefficient (Wildman–Crippen LogP) is -0.551. The molecule has 1 aromatic heterocycles. The Morgan fingerprint density at radius 3 is 2.65 bits per heavy atom. The average Bonchev–Trinajstić information content (AvgIpc) is 3.10. The Morgan fingerprint density at radius 2 is 1.85 bits per heavy atom.